The van der Waals surface area contributed by atoms with Gasteiger partial charge in [0.25, 0.3) is 0 Å². The lowest BCUT2D eigenvalue weighted by molar-refractivity contribution is 0.180. The molecule has 0 radical (unpaired) electrons. The quantitative estimate of drug-likeness (QED) is 0.772. The van der Waals surface area contributed by atoms with Crippen LogP contribution in [-0.2, 0) is 0 Å². The Morgan fingerprint density at radius 3 is 2.50 bits per heavy atom. The minimum Gasteiger partial charge on any atom is -0.393 e. The standard InChI is InChI=1S/C12H11FO/c13-12(8-14)11-6-5-9-3-1-2-4-10(9)7-11/h1-7,12,14H,8H2. The van der Waals surface area contributed by atoms with Crippen LogP contribution in [0.4, 0.5) is 4.39 Å². The molecule has 14 heavy (non-hydrogen) atoms. The summed E-state index contributed by atoms with van der Waals surface area (Å²) in [6, 6.07) is 13.1. The van der Waals surface area contributed by atoms with Crippen molar-refractivity contribution in [2.24, 2.45) is 0 Å². The number of halogens is 1. The summed E-state index contributed by atoms with van der Waals surface area (Å²) >= 11 is 0. The maximum absolute atomic E-state index is 13.1. The molecule has 0 amide bonds. The van der Waals surface area contributed by atoms with Crippen LogP contribution >= 0.6 is 0 Å². The molecule has 0 bridgehead atoms. The SMILES string of the molecule is OCC(F)c1ccc2ccccc2c1. The van der Waals surface area contributed by atoms with Gasteiger partial charge < -0.3 is 5.11 Å². The lowest BCUT2D eigenvalue weighted by Crippen LogP contribution is -1.96. The van der Waals surface area contributed by atoms with Crippen LogP contribution in [-0.4, -0.2) is 11.7 Å². The molecule has 0 saturated heterocycles. The highest BCUT2D eigenvalue weighted by atomic mass is 19.1. The fourth-order valence-corrected chi connectivity index (χ4v) is 1.51. The first-order valence-corrected chi connectivity index (χ1v) is 4.55. The zero-order valence-corrected chi connectivity index (χ0v) is 7.65. The molecule has 1 unspecified atom stereocenters. The Kier molecular flexibility index (Phi) is 2.46. The van der Waals surface area contributed by atoms with Crippen molar-refractivity contribution in [3.63, 3.8) is 0 Å². The van der Waals surface area contributed by atoms with Gasteiger partial charge in [-0.3, -0.25) is 0 Å². The summed E-state index contributed by atoms with van der Waals surface area (Å²) in [6.07, 6.45) is -1.28. The molecule has 0 heterocycles. The van der Waals surface area contributed by atoms with Crippen molar-refractivity contribution >= 4 is 10.8 Å². The van der Waals surface area contributed by atoms with Gasteiger partial charge in [0, 0.05) is 0 Å². The van der Waals surface area contributed by atoms with Gasteiger partial charge in [-0.15, -0.1) is 0 Å². The first kappa shape index (κ1) is 9.16. The lowest BCUT2D eigenvalue weighted by Gasteiger charge is -2.06. The van der Waals surface area contributed by atoms with E-state index in [1.54, 1.807) is 12.1 Å². The van der Waals surface area contributed by atoms with E-state index in [1.807, 2.05) is 30.3 Å². The first-order chi connectivity index (χ1) is 6.81. The fourth-order valence-electron chi connectivity index (χ4n) is 1.51. The summed E-state index contributed by atoms with van der Waals surface area (Å²) in [6.45, 7) is -0.460. The zero-order valence-electron chi connectivity index (χ0n) is 7.65. The van der Waals surface area contributed by atoms with Crippen LogP contribution in [0, 0.1) is 0 Å². The second-order valence-corrected chi connectivity index (χ2v) is 3.26. The largest absolute Gasteiger partial charge is 0.393 e. The van der Waals surface area contributed by atoms with Crippen molar-refractivity contribution in [1.29, 1.82) is 0 Å². The molecule has 2 heteroatoms. The van der Waals surface area contributed by atoms with E-state index in [0.29, 0.717) is 5.56 Å². The van der Waals surface area contributed by atoms with Crippen LogP contribution in [0.3, 0.4) is 0 Å². The van der Waals surface area contributed by atoms with E-state index in [0.717, 1.165) is 10.8 Å². The van der Waals surface area contributed by atoms with Crippen LogP contribution < -0.4 is 0 Å². The summed E-state index contributed by atoms with van der Waals surface area (Å²) in [4.78, 5) is 0. The maximum Gasteiger partial charge on any atom is 0.148 e. The van der Waals surface area contributed by atoms with Gasteiger partial charge in [0.2, 0.25) is 0 Å². The molecule has 2 aromatic rings. The molecular formula is C12H11FO. The molecule has 0 spiro atoms. The van der Waals surface area contributed by atoms with Crippen LogP contribution in [0.15, 0.2) is 42.5 Å². The Bertz CT molecular complexity index is 439. The molecule has 1 N–H and O–H groups in total. The number of fused-ring (bicyclic) bond motifs is 1. The van der Waals surface area contributed by atoms with E-state index in [4.69, 9.17) is 5.11 Å². The van der Waals surface area contributed by atoms with Crippen molar-refractivity contribution in [3.05, 3.63) is 48.0 Å². The highest BCUT2D eigenvalue weighted by molar-refractivity contribution is 5.83. The number of hydrogen-bond acceptors (Lipinski definition) is 1. The minimum absolute atomic E-state index is 0.460. The van der Waals surface area contributed by atoms with Crippen molar-refractivity contribution < 1.29 is 9.50 Å². The van der Waals surface area contributed by atoms with Crippen LogP contribution in [0.25, 0.3) is 10.8 Å². The highest BCUT2D eigenvalue weighted by Crippen LogP contribution is 2.22. The number of aliphatic hydroxyl groups excluding tert-OH is 1. The Morgan fingerprint density at radius 2 is 1.79 bits per heavy atom. The Balaban J connectivity index is 2.51. The number of hydrogen-bond donors (Lipinski definition) is 1. The van der Waals surface area contributed by atoms with Gasteiger partial charge in [-0.2, -0.15) is 0 Å². The van der Waals surface area contributed by atoms with Gasteiger partial charge in [-0.05, 0) is 22.4 Å². The molecule has 1 atom stereocenters. The fraction of sp³-hybridized carbons (Fsp3) is 0.167. The van der Waals surface area contributed by atoms with Gasteiger partial charge in [0.15, 0.2) is 0 Å². The molecule has 0 saturated carbocycles. The highest BCUT2D eigenvalue weighted by Gasteiger charge is 2.07. The Hall–Kier alpha value is -1.41. The van der Waals surface area contributed by atoms with E-state index in [9.17, 15) is 4.39 Å². The average molecular weight is 190 g/mol. The van der Waals surface area contributed by atoms with E-state index < -0.39 is 12.8 Å². The smallest absolute Gasteiger partial charge is 0.148 e. The molecule has 72 valence electrons. The normalized spacial score (nSPS) is 13.0. The van der Waals surface area contributed by atoms with Crippen molar-refractivity contribution in [1.82, 2.24) is 0 Å². The van der Waals surface area contributed by atoms with Crippen molar-refractivity contribution in [2.45, 2.75) is 6.17 Å². The summed E-state index contributed by atoms with van der Waals surface area (Å²) < 4.78 is 13.1. The predicted octanol–water partition coefficient (Wildman–Crippen LogP) is 2.84. The number of benzene rings is 2. The third-order valence-corrected chi connectivity index (χ3v) is 2.30. The first-order valence-electron chi connectivity index (χ1n) is 4.55. The van der Waals surface area contributed by atoms with Gasteiger partial charge in [0.05, 0.1) is 6.61 Å². The predicted molar refractivity (Wildman–Crippen MR) is 54.9 cm³/mol. The van der Waals surface area contributed by atoms with Gasteiger partial charge in [-0.1, -0.05) is 36.4 Å². The molecule has 2 rings (SSSR count). The number of aliphatic hydroxyl groups is 1. The van der Waals surface area contributed by atoms with Gasteiger partial charge in [-0.25, -0.2) is 4.39 Å². The molecule has 1 nitrogen and oxygen atoms in total. The van der Waals surface area contributed by atoms with E-state index >= 15 is 0 Å². The molecule has 0 aliphatic heterocycles. The monoisotopic (exact) mass is 190 g/mol. The molecular weight excluding hydrogens is 179 g/mol. The maximum atomic E-state index is 13.1. The molecule has 0 aliphatic rings. The van der Waals surface area contributed by atoms with Gasteiger partial charge in [0.1, 0.15) is 6.17 Å². The third kappa shape index (κ3) is 1.61. The summed E-state index contributed by atoms with van der Waals surface area (Å²) in [5.74, 6) is 0. The zero-order chi connectivity index (χ0) is 9.97. The van der Waals surface area contributed by atoms with E-state index in [2.05, 4.69) is 0 Å². The van der Waals surface area contributed by atoms with Crippen molar-refractivity contribution in [3.8, 4) is 0 Å². The van der Waals surface area contributed by atoms with Crippen LogP contribution in [0.2, 0.25) is 0 Å². The summed E-state index contributed by atoms with van der Waals surface area (Å²) in [7, 11) is 0. The molecule has 0 fully saturated rings. The Labute approximate surface area is 81.8 Å². The van der Waals surface area contributed by atoms with Gasteiger partial charge >= 0.3 is 0 Å². The minimum atomic E-state index is -1.28. The average Bonchev–Trinajstić information content (AvgIpc) is 2.27. The number of rotatable bonds is 2. The molecule has 0 aromatic heterocycles. The van der Waals surface area contributed by atoms with E-state index in [1.165, 1.54) is 0 Å². The number of alkyl halides is 1. The topological polar surface area (TPSA) is 20.2 Å². The lowest BCUT2D eigenvalue weighted by atomic mass is 10.0. The third-order valence-electron chi connectivity index (χ3n) is 2.30. The Morgan fingerprint density at radius 1 is 1.07 bits per heavy atom. The molecule has 2 aromatic carbocycles. The second kappa shape index (κ2) is 3.76. The van der Waals surface area contributed by atoms with Crippen molar-refractivity contribution in [2.75, 3.05) is 6.61 Å². The summed E-state index contributed by atoms with van der Waals surface area (Å²) in [5.41, 5.74) is 0.534. The second-order valence-electron chi connectivity index (χ2n) is 3.26. The van der Waals surface area contributed by atoms with E-state index in [-0.39, 0.29) is 0 Å². The summed E-state index contributed by atoms with van der Waals surface area (Å²) in [5, 5.41) is 10.8. The molecule has 0 aliphatic carbocycles. The van der Waals surface area contributed by atoms with Crippen LogP contribution in [0.1, 0.15) is 11.7 Å². The van der Waals surface area contributed by atoms with Crippen LogP contribution in [0.5, 0.6) is 0 Å².